The molecule has 0 saturated carbocycles. The van der Waals surface area contributed by atoms with Crippen LogP contribution in [0.5, 0.6) is 0 Å². The number of hydrogen-bond donors (Lipinski definition) is 3. The third kappa shape index (κ3) is 3.19. The Bertz CT molecular complexity index is 1090. The Balaban J connectivity index is 1.85. The lowest BCUT2D eigenvalue weighted by Crippen LogP contribution is -2.45. The second-order valence-electron chi connectivity index (χ2n) is 6.65. The Labute approximate surface area is 159 Å². The first-order valence-corrected chi connectivity index (χ1v) is 9.16. The first kappa shape index (κ1) is 17.6. The van der Waals surface area contributed by atoms with Crippen LogP contribution in [0.1, 0.15) is 24.4 Å². The van der Waals surface area contributed by atoms with Gasteiger partial charge in [-0.3, -0.25) is 19.8 Å². The fourth-order valence-electron chi connectivity index (χ4n) is 3.51. The minimum atomic E-state index is -0.754. The number of aromatic nitrogens is 4. The fraction of sp³-hybridized carbons (Fsp3) is 0.333. The van der Waals surface area contributed by atoms with Crippen molar-refractivity contribution >= 4 is 29.2 Å². The predicted octanol–water partition coefficient (Wildman–Crippen LogP) is 1.35. The Morgan fingerprint density at radius 1 is 1.30 bits per heavy atom. The summed E-state index contributed by atoms with van der Waals surface area (Å²) in [6.07, 6.45) is 2.38. The molecule has 1 amide bonds. The van der Waals surface area contributed by atoms with Crippen molar-refractivity contribution < 1.29 is 9.90 Å². The van der Waals surface area contributed by atoms with E-state index in [1.807, 2.05) is 30.3 Å². The van der Waals surface area contributed by atoms with Gasteiger partial charge in [-0.1, -0.05) is 42.5 Å². The number of benzene rings is 1. The zero-order valence-electron chi connectivity index (χ0n) is 14.5. The summed E-state index contributed by atoms with van der Waals surface area (Å²) in [5.74, 6) is -0.177. The van der Waals surface area contributed by atoms with Gasteiger partial charge in [0.2, 0.25) is 5.91 Å². The number of aliphatic hydroxyl groups is 1. The van der Waals surface area contributed by atoms with Crippen molar-refractivity contribution in [2.24, 2.45) is 0 Å². The van der Waals surface area contributed by atoms with Crippen molar-refractivity contribution in [3.05, 3.63) is 57.2 Å². The molecule has 2 atom stereocenters. The van der Waals surface area contributed by atoms with Crippen LogP contribution in [0.15, 0.2) is 41.5 Å². The molecule has 0 bridgehead atoms. The standard InChI is InChI=1S/C18H19N5O3S/c24-12-7-4-8-22(9-12)17(26)14(11-5-2-1-3-6-11)23-10-19-15-13(18(23)27)16(25)21-20-15/h1-3,5-6,10,12,14,24H,4,7-9H2,(H2,20,21,25). The van der Waals surface area contributed by atoms with E-state index in [-0.39, 0.29) is 28.0 Å². The summed E-state index contributed by atoms with van der Waals surface area (Å²) in [7, 11) is 0. The molecule has 1 aliphatic rings. The van der Waals surface area contributed by atoms with E-state index in [0.29, 0.717) is 18.6 Å². The summed E-state index contributed by atoms with van der Waals surface area (Å²) in [5, 5.41) is 15.4. The third-order valence-electron chi connectivity index (χ3n) is 4.85. The smallest absolute Gasteiger partial charge is 0.276 e. The fourth-order valence-corrected chi connectivity index (χ4v) is 3.86. The van der Waals surface area contributed by atoms with Crippen LogP contribution in [0.25, 0.3) is 11.0 Å². The molecule has 0 spiro atoms. The van der Waals surface area contributed by atoms with Crippen molar-refractivity contribution in [3.8, 4) is 0 Å². The van der Waals surface area contributed by atoms with Crippen LogP contribution in [0.3, 0.4) is 0 Å². The van der Waals surface area contributed by atoms with E-state index in [2.05, 4.69) is 15.2 Å². The monoisotopic (exact) mass is 385 g/mol. The van der Waals surface area contributed by atoms with Crippen molar-refractivity contribution in [1.82, 2.24) is 24.6 Å². The highest BCUT2D eigenvalue weighted by atomic mass is 32.1. The molecule has 8 nitrogen and oxygen atoms in total. The van der Waals surface area contributed by atoms with Gasteiger partial charge in [-0.25, -0.2) is 4.98 Å². The summed E-state index contributed by atoms with van der Waals surface area (Å²) >= 11 is 5.52. The number of amides is 1. The molecule has 1 aliphatic heterocycles. The molecule has 1 aromatic carbocycles. The summed E-state index contributed by atoms with van der Waals surface area (Å²) in [6.45, 7) is 0.864. The van der Waals surface area contributed by atoms with E-state index in [4.69, 9.17) is 12.2 Å². The van der Waals surface area contributed by atoms with Crippen LogP contribution in [0.4, 0.5) is 0 Å². The van der Waals surface area contributed by atoms with Crippen molar-refractivity contribution in [2.45, 2.75) is 25.0 Å². The number of H-pyrrole nitrogens is 2. The van der Waals surface area contributed by atoms with Crippen LogP contribution in [-0.2, 0) is 4.79 Å². The number of rotatable bonds is 3. The molecule has 4 rings (SSSR count). The maximum atomic E-state index is 13.4. The molecule has 140 valence electrons. The maximum absolute atomic E-state index is 13.4. The number of fused-ring (bicyclic) bond motifs is 1. The number of aliphatic hydroxyl groups excluding tert-OH is 1. The highest BCUT2D eigenvalue weighted by Crippen LogP contribution is 2.24. The van der Waals surface area contributed by atoms with Gasteiger partial charge in [0.25, 0.3) is 5.56 Å². The molecule has 2 aromatic heterocycles. The van der Waals surface area contributed by atoms with Crippen molar-refractivity contribution in [2.75, 3.05) is 13.1 Å². The number of piperidine rings is 1. The number of nitrogens with one attached hydrogen (secondary N) is 2. The Morgan fingerprint density at radius 3 is 2.81 bits per heavy atom. The van der Waals surface area contributed by atoms with E-state index in [9.17, 15) is 14.7 Å². The number of hydrogen-bond acceptors (Lipinski definition) is 5. The van der Waals surface area contributed by atoms with Gasteiger partial charge in [0.05, 0.1) is 12.4 Å². The first-order valence-electron chi connectivity index (χ1n) is 8.75. The highest BCUT2D eigenvalue weighted by Gasteiger charge is 2.31. The van der Waals surface area contributed by atoms with E-state index < -0.39 is 12.1 Å². The largest absolute Gasteiger partial charge is 0.391 e. The van der Waals surface area contributed by atoms with E-state index in [1.165, 1.54) is 6.33 Å². The second kappa shape index (κ2) is 7.09. The molecule has 0 aliphatic carbocycles. The van der Waals surface area contributed by atoms with Gasteiger partial charge >= 0.3 is 0 Å². The average Bonchev–Trinajstić information content (AvgIpc) is 3.06. The molecule has 0 radical (unpaired) electrons. The lowest BCUT2D eigenvalue weighted by atomic mass is 10.0. The van der Waals surface area contributed by atoms with Crippen LogP contribution in [0, 0.1) is 4.64 Å². The number of carbonyl (C=O) groups excluding carboxylic acids is 1. The number of likely N-dealkylation sites (tertiary alicyclic amines) is 1. The first-order chi connectivity index (χ1) is 13.1. The van der Waals surface area contributed by atoms with Gasteiger partial charge < -0.3 is 14.6 Å². The van der Waals surface area contributed by atoms with Crippen LogP contribution < -0.4 is 5.56 Å². The molecule has 3 aromatic rings. The van der Waals surface area contributed by atoms with Gasteiger partial charge in [0, 0.05) is 13.1 Å². The molecule has 3 heterocycles. The minimum Gasteiger partial charge on any atom is -0.391 e. The second-order valence-corrected chi connectivity index (χ2v) is 7.04. The van der Waals surface area contributed by atoms with Crippen LogP contribution in [-0.4, -0.2) is 54.9 Å². The topological polar surface area (TPSA) is 107 Å². The third-order valence-corrected chi connectivity index (χ3v) is 5.27. The number of aromatic amines is 2. The maximum Gasteiger partial charge on any atom is 0.276 e. The minimum absolute atomic E-state index is 0.177. The molecule has 2 unspecified atom stereocenters. The number of nitrogens with zero attached hydrogens (tertiary/aromatic N) is 3. The molecule has 1 saturated heterocycles. The van der Waals surface area contributed by atoms with Crippen LogP contribution >= 0.6 is 12.2 Å². The molecule has 27 heavy (non-hydrogen) atoms. The summed E-state index contributed by atoms with van der Waals surface area (Å²) < 4.78 is 1.79. The SMILES string of the molecule is O=C(C(c1ccccc1)n1cnc2[nH][nH]c(=O)c2c1=S)N1CCCC(O)C1. The van der Waals surface area contributed by atoms with Crippen molar-refractivity contribution in [1.29, 1.82) is 0 Å². The lowest BCUT2D eigenvalue weighted by molar-refractivity contribution is -0.136. The molecular weight excluding hydrogens is 366 g/mol. The van der Waals surface area contributed by atoms with Gasteiger partial charge in [-0.05, 0) is 18.4 Å². The molecule has 1 fully saturated rings. The predicted molar refractivity (Wildman–Crippen MR) is 102 cm³/mol. The Morgan fingerprint density at radius 2 is 2.07 bits per heavy atom. The van der Waals surface area contributed by atoms with E-state index in [1.54, 1.807) is 9.47 Å². The molecular formula is C18H19N5O3S. The molecule has 9 heteroatoms. The van der Waals surface area contributed by atoms with Crippen molar-refractivity contribution in [3.63, 3.8) is 0 Å². The zero-order chi connectivity index (χ0) is 19.0. The number of β-amino-alcohol motifs (C(OH)–C–C–N with tert-alkyl or cyclic N) is 1. The molecule has 3 N–H and O–H groups in total. The summed E-state index contributed by atoms with van der Waals surface area (Å²) in [4.78, 5) is 31.4. The summed E-state index contributed by atoms with van der Waals surface area (Å²) in [5.41, 5.74) is 0.727. The van der Waals surface area contributed by atoms with Crippen LogP contribution in [0.2, 0.25) is 0 Å². The highest BCUT2D eigenvalue weighted by molar-refractivity contribution is 7.71. The summed E-state index contributed by atoms with van der Waals surface area (Å²) in [6, 6.07) is 8.49. The lowest BCUT2D eigenvalue weighted by Gasteiger charge is -2.33. The number of carbonyl (C=O) groups is 1. The quantitative estimate of drug-likeness (QED) is 0.590. The van der Waals surface area contributed by atoms with Gasteiger partial charge in [0.1, 0.15) is 16.1 Å². The normalized spacial score (nSPS) is 18.6. The Hall–Kier alpha value is -2.78. The Kier molecular flexibility index (Phi) is 4.63. The average molecular weight is 385 g/mol. The van der Waals surface area contributed by atoms with E-state index in [0.717, 1.165) is 12.0 Å². The van der Waals surface area contributed by atoms with Gasteiger partial charge in [0.15, 0.2) is 5.65 Å². The van der Waals surface area contributed by atoms with E-state index >= 15 is 0 Å². The zero-order valence-corrected chi connectivity index (χ0v) is 15.3. The van der Waals surface area contributed by atoms with Gasteiger partial charge in [-0.15, -0.1) is 0 Å². The van der Waals surface area contributed by atoms with Gasteiger partial charge in [-0.2, -0.15) is 0 Å².